The van der Waals surface area contributed by atoms with E-state index in [1.165, 1.54) is 12.1 Å². The van der Waals surface area contributed by atoms with Gasteiger partial charge < -0.3 is 15.4 Å². The first kappa shape index (κ1) is 23.3. The zero-order chi connectivity index (χ0) is 23.2. The highest BCUT2D eigenvalue weighted by atomic mass is 35.5. The fourth-order valence-corrected chi connectivity index (χ4v) is 4.09. The van der Waals surface area contributed by atoms with E-state index >= 15 is 0 Å². The number of morpholine rings is 1. The molecule has 1 aliphatic rings. The molecule has 0 aromatic heterocycles. The molecule has 1 fully saturated rings. The molecule has 0 radical (unpaired) electrons. The second-order valence-electron chi connectivity index (χ2n) is 7.73. The van der Waals surface area contributed by atoms with E-state index in [9.17, 15) is 9.59 Å². The van der Waals surface area contributed by atoms with Crippen molar-refractivity contribution >= 4 is 46.4 Å². The molecule has 170 valence electrons. The first-order valence-corrected chi connectivity index (χ1v) is 11.3. The Morgan fingerprint density at radius 3 is 2.12 bits per heavy atom. The number of anilines is 2. The van der Waals surface area contributed by atoms with E-state index in [0.29, 0.717) is 26.9 Å². The van der Waals surface area contributed by atoms with Crippen LogP contribution in [-0.2, 0) is 11.3 Å². The van der Waals surface area contributed by atoms with Gasteiger partial charge in [0.2, 0.25) is 0 Å². The van der Waals surface area contributed by atoms with Crippen LogP contribution < -0.4 is 10.6 Å². The molecule has 3 aromatic rings. The van der Waals surface area contributed by atoms with E-state index in [-0.39, 0.29) is 11.8 Å². The molecule has 6 nitrogen and oxygen atoms in total. The van der Waals surface area contributed by atoms with Crippen molar-refractivity contribution in [1.29, 1.82) is 0 Å². The third kappa shape index (κ3) is 6.55. The number of nitrogens with zero attached hydrogens (tertiary/aromatic N) is 1. The normalized spacial score (nSPS) is 14.0. The Morgan fingerprint density at radius 2 is 1.42 bits per heavy atom. The largest absolute Gasteiger partial charge is 0.379 e. The van der Waals surface area contributed by atoms with Gasteiger partial charge in [0, 0.05) is 52.2 Å². The summed E-state index contributed by atoms with van der Waals surface area (Å²) in [5, 5.41) is 6.47. The topological polar surface area (TPSA) is 70.7 Å². The van der Waals surface area contributed by atoms with E-state index in [4.69, 9.17) is 27.9 Å². The Bertz CT molecular complexity index is 1130. The van der Waals surface area contributed by atoms with Crippen molar-refractivity contribution < 1.29 is 14.3 Å². The van der Waals surface area contributed by atoms with Gasteiger partial charge in [0.25, 0.3) is 11.8 Å². The third-order valence-electron chi connectivity index (χ3n) is 5.22. The fourth-order valence-electron chi connectivity index (χ4n) is 3.56. The molecule has 0 spiro atoms. The Hall–Kier alpha value is -2.90. The average Bonchev–Trinajstić information content (AvgIpc) is 2.80. The molecule has 0 aliphatic carbocycles. The highest BCUT2D eigenvalue weighted by Crippen LogP contribution is 2.21. The molecule has 8 heteroatoms. The van der Waals surface area contributed by atoms with E-state index in [1.807, 2.05) is 18.2 Å². The van der Waals surface area contributed by atoms with E-state index in [0.717, 1.165) is 44.1 Å². The van der Waals surface area contributed by atoms with Crippen LogP contribution in [0.15, 0.2) is 66.7 Å². The number of ether oxygens (including phenoxy) is 1. The summed E-state index contributed by atoms with van der Waals surface area (Å²) in [6, 6.07) is 19.1. The van der Waals surface area contributed by atoms with Crippen LogP contribution in [0.5, 0.6) is 0 Å². The van der Waals surface area contributed by atoms with E-state index < -0.39 is 0 Å². The summed E-state index contributed by atoms with van der Waals surface area (Å²) in [5.74, 6) is -0.563. The standard InChI is InChI=1S/C25H23Cl2N3O3/c26-20-13-19(14-21(27)15-20)25(32)28-22-6-4-18(5-7-22)24(31)29-23-3-1-2-17(12-23)16-30-8-10-33-11-9-30/h1-7,12-15H,8-11,16H2,(H,28,32)(H,29,31). The summed E-state index contributed by atoms with van der Waals surface area (Å²) in [7, 11) is 0. The predicted molar refractivity (Wildman–Crippen MR) is 131 cm³/mol. The van der Waals surface area contributed by atoms with Gasteiger partial charge in [-0.05, 0) is 60.2 Å². The number of rotatable bonds is 6. The zero-order valence-electron chi connectivity index (χ0n) is 17.8. The zero-order valence-corrected chi connectivity index (χ0v) is 19.3. The Labute approximate surface area is 202 Å². The quantitative estimate of drug-likeness (QED) is 0.496. The van der Waals surface area contributed by atoms with Crippen LogP contribution in [-0.4, -0.2) is 43.0 Å². The molecule has 2 amide bonds. The van der Waals surface area contributed by atoms with Gasteiger partial charge in [-0.3, -0.25) is 14.5 Å². The predicted octanol–water partition coefficient (Wildman–Crippen LogP) is 5.33. The van der Waals surface area contributed by atoms with Crippen molar-refractivity contribution in [3.63, 3.8) is 0 Å². The lowest BCUT2D eigenvalue weighted by Gasteiger charge is -2.26. The molecule has 1 heterocycles. The minimum Gasteiger partial charge on any atom is -0.379 e. The maximum atomic E-state index is 12.7. The monoisotopic (exact) mass is 483 g/mol. The Morgan fingerprint density at radius 1 is 0.788 bits per heavy atom. The first-order chi connectivity index (χ1) is 16.0. The van der Waals surface area contributed by atoms with Crippen LogP contribution in [0.4, 0.5) is 11.4 Å². The number of carbonyl (C=O) groups is 2. The van der Waals surface area contributed by atoms with Gasteiger partial charge >= 0.3 is 0 Å². The number of nitrogens with one attached hydrogen (secondary N) is 2. The molecule has 3 aromatic carbocycles. The highest BCUT2D eigenvalue weighted by molar-refractivity contribution is 6.35. The second kappa shape index (κ2) is 10.8. The van der Waals surface area contributed by atoms with Crippen LogP contribution in [0, 0.1) is 0 Å². The van der Waals surface area contributed by atoms with Crippen LogP contribution in [0.3, 0.4) is 0 Å². The molecule has 0 atom stereocenters. The van der Waals surface area contributed by atoms with Gasteiger partial charge in [-0.2, -0.15) is 0 Å². The van der Waals surface area contributed by atoms with Crippen molar-refractivity contribution in [2.75, 3.05) is 36.9 Å². The van der Waals surface area contributed by atoms with Crippen molar-refractivity contribution in [3.8, 4) is 0 Å². The van der Waals surface area contributed by atoms with Crippen LogP contribution in [0.1, 0.15) is 26.3 Å². The molecule has 1 saturated heterocycles. The molecular weight excluding hydrogens is 461 g/mol. The molecule has 0 saturated carbocycles. The van der Waals surface area contributed by atoms with Crippen LogP contribution in [0.2, 0.25) is 10.0 Å². The fraction of sp³-hybridized carbons (Fsp3) is 0.200. The number of amides is 2. The number of benzene rings is 3. The van der Waals surface area contributed by atoms with Gasteiger partial charge in [-0.1, -0.05) is 35.3 Å². The van der Waals surface area contributed by atoms with Gasteiger partial charge in [0.1, 0.15) is 0 Å². The number of halogens is 2. The molecule has 4 rings (SSSR count). The molecular formula is C25H23Cl2N3O3. The average molecular weight is 484 g/mol. The summed E-state index contributed by atoms with van der Waals surface area (Å²) >= 11 is 11.9. The van der Waals surface area contributed by atoms with Gasteiger partial charge in [-0.25, -0.2) is 0 Å². The smallest absolute Gasteiger partial charge is 0.255 e. The Balaban J connectivity index is 1.36. The molecule has 0 unspecified atom stereocenters. The first-order valence-electron chi connectivity index (χ1n) is 10.5. The number of hydrogen-bond donors (Lipinski definition) is 2. The van der Waals surface area contributed by atoms with E-state index in [2.05, 4.69) is 21.6 Å². The maximum Gasteiger partial charge on any atom is 0.255 e. The lowest BCUT2D eigenvalue weighted by Crippen LogP contribution is -2.35. The van der Waals surface area contributed by atoms with Crippen LogP contribution in [0.25, 0.3) is 0 Å². The summed E-state index contributed by atoms with van der Waals surface area (Å²) in [4.78, 5) is 27.5. The SMILES string of the molecule is O=C(Nc1cccc(CN2CCOCC2)c1)c1ccc(NC(=O)c2cc(Cl)cc(Cl)c2)cc1. The van der Waals surface area contributed by atoms with Gasteiger partial charge in [-0.15, -0.1) is 0 Å². The van der Waals surface area contributed by atoms with Crippen molar-refractivity contribution in [3.05, 3.63) is 93.5 Å². The summed E-state index contributed by atoms with van der Waals surface area (Å²) < 4.78 is 5.39. The van der Waals surface area contributed by atoms with Crippen molar-refractivity contribution in [1.82, 2.24) is 4.90 Å². The second-order valence-corrected chi connectivity index (χ2v) is 8.61. The van der Waals surface area contributed by atoms with Gasteiger partial charge in [0.15, 0.2) is 0 Å². The minimum absolute atomic E-state index is 0.224. The summed E-state index contributed by atoms with van der Waals surface area (Å²) in [6.45, 7) is 4.13. The lowest BCUT2D eigenvalue weighted by molar-refractivity contribution is 0.0342. The number of carbonyl (C=O) groups excluding carboxylic acids is 2. The molecule has 1 aliphatic heterocycles. The number of hydrogen-bond acceptors (Lipinski definition) is 4. The lowest BCUT2D eigenvalue weighted by atomic mass is 10.1. The third-order valence-corrected chi connectivity index (χ3v) is 5.66. The molecule has 33 heavy (non-hydrogen) atoms. The van der Waals surface area contributed by atoms with Crippen molar-refractivity contribution in [2.45, 2.75) is 6.54 Å². The minimum atomic E-state index is -0.339. The highest BCUT2D eigenvalue weighted by Gasteiger charge is 2.13. The summed E-state index contributed by atoms with van der Waals surface area (Å²) in [6.07, 6.45) is 0. The van der Waals surface area contributed by atoms with Crippen molar-refractivity contribution in [2.24, 2.45) is 0 Å². The molecule has 2 N–H and O–H groups in total. The maximum absolute atomic E-state index is 12.7. The summed E-state index contributed by atoms with van der Waals surface area (Å²) in [5.41, 5.74) is 3.26. The van der Waals surface area contributed by atoms with Crippen LogP contribution >= 0.6 is 23.2 Å². The van der Waals surface area contributed by atoms with Gasteiger partial charge in [0.05, 0.1) is 13.2 Å². The van der Waals surface area contributed by atoms with E-state index in [1.54, 1.807) is 30.3 Å². The Kier molecular flexibility index (Phi) is 7.62. The molecule has 0 bridgehead atoms.